The highest BCUT2D eigenvalue weighted by molar-refractivity contribution is 6.36. The van der Waals surface area contributed by atoms with Crippen LogP contribution in [0, 0.1) is 0 Å². The van der Waals surface area contributed by atoms with Gasteiger partial charge in [0.05, 0.1) is 10.7 Å². The zero-order valence-electron chi connectivity index (χ0n) is 8.18. The van der Waals surface area contributed by atoms with Gasteiger partial charge in [-0.05, 0) is 24.3 Å². The van der Waals surface area contributed by atoms with Crippen molar-refractivity contribution >= 4 is 40.5 Å². The molecule has 0 aliphatic heterocycles. The number of hydrogen-bond donors (Lipinski definition) is 1. The van der Waals surface area contributed by atoms with Crippen molar-refractivity contribution in [3.8, 4) is 11.1 Å². The van der Waals surface area contributed by atoms with Crippen molar-refractivity contribution in [1.82, 2.24) is 0 Å². The molecule has 2 N–H and O–H groups in total. The Bertz CT molecular complexity index is 538. The quantitative estimate of drug-likeness (QED) is 0.734. The first-order valence-electron chi connectivity index (χ1n) is 4.59. The smallest absolute Gasteiger partial charge is 0.0641 e. The SMILES string of the molecule is Nc1c(Cl)cccc1-c1cc(Cl)ccc1Cl. The third kappa shape index (κ3) is 2.12. The summed E-state index contributed by atoms with van der Waals surface area (Å²) in [5, 5.41) is 1.71. The molecule has 2 rings (SSSR count). The van der Waals surface area contributed by atoms with Gasteiger partial charge >= 0.3 is 0 Å². The van der Waals surface area contributed by atoms with Crippen LogP contribution in [0.15, 0.2) is 36.4 Å². The normalized spacial score (nSPS) is 10.4. The van der Waals surface area contributed by atoms with Gasteiger partial charge in [-0.3, -0.25) is 0 Å². The summed E-state index contributed by atoms with van der Waals surface area (Å²) in [5.74, 6) is 0. The molecule has 0 aromatic heterocycles. The predicted molar refractivity (Wildman–Crippen MR) is 71.3 cm³/mol. The summed E-state index contributed by atoms with van der Waals surface area (Å²) in [7, 11) is 0. The van der Waals surface area contributed by atoms with E-state index in [2.05, 4.69) is 0 Å². The lowest BCUT2D eigenvalue weighted by Crippen LogP contribution is -1.91. The van der Waals surface area contributed by atoms with Gasteiger partial charge in [-0.1, -0.05) is 46.9 Å². The lowest BCUT2D eigenvalue weighted by atomic mass is 10.0. The van der Waals surface area contributed by atoms with Gasteiger partial charge in [0.1, 0.15) is 0 Å². The minimum atomic E-state index is 0.508. The van der Waals surface area contributed by atoms with Crippen LogP contribution in [-0.2, 0) is 0 Å². The molecule has 0 saturated heterocycles. The summed E-state index contributed by atoms with van der Waals surface area (Å²) >= 11 is 18.0. The molecule has 0 aliphatic rings. The molecule has 0 radical (unpaired) electrons. The van der Waals surface area contributed by atoms with E-state index in [9.17, 15) is 0 Å². The van der Waals surface area contributed by atoms with Gasteiger partial charge in [0.2, 0.25) is 0 Å². The van der Waals surface area contributed by atoms with E-state index >= 15 is 0 Å². The second-order valence-corrected chi connectivity index (χ2v) is 4.58. The molecule has 0 saturated carbocycles. The molecule has 0 atom stereocenters. The topological polar surface area (TPSA) is 26.0 Å². The van der Waals surface area contributed by atoms with Gasteiger partial charge in [-0.25, -0.2) is 0 Å². The van der Waals surface area contributed by atoms with E-state index in [4.69, 9.17) is 40.5 Å². The number of halogens is 3. The first-order valence-corrected chi connectivity index (χ1v) is 5.72. The maximum atomic E-state index is 6.10. The Kier molecular flexibility index (Phi) is 3.29. The Labute approximate surface area is 109 Å². The van der Waals surface area contributed by atoms with Crippen LogP contribution < -0.4 is 5.73 Å². The van der Waals surface area contributed by atoms with Crippen molar-refractivity contribution in [2.24, 2.45) is 0 Å². The molecule has 0 fully saturated rings. The van der Waals surface area contributed by atoms with Gasteiger partial charge in [-0.2, -0.15) is 0 Å². The highest BCUT2D eigenvalue weighted by Gasteiger charge is 2.09. The maximum absolute atomic E-state index is 6.10. The van der Waals surface area contributed by atoms with Crippen LogP contribution in [-0.4, -0.2) is 0 Å². The van der Waals surface area contributed by atoms with E-state index in [1.807, 2.05) is 12.1 Å². The lowest BCUT2D eigenvalue weighted by Gasteiger charge is -2.09. The molecule has 2 aromatic carbocycles. The van der Waals surface area contributed by atoms with Gasteiger partial charge in [0.25, 0.3) is 0 Å². The van der Waals surface area contributed by atoms with E-state index in [1.165, 1.54) is 0 Å². The highest BCUT2D eigenvalue weighted by atomic mass is 35.5. The Hall–Kier alpha value is -0.890. The molecule has 1 nitrogen and oxygen atoms in total. The van der Waals surface area contributed by atoms with Crippen LogP contribution in [0.1, 0.15) is 0 Å². The molecule has 82 valence electrons. The maximum Gasteiger partial charge on any atom is 0.0641 e. The van der Waals surface area contributed by atoms with Crippen molar-refractivity contribution in [2.45, 2.75) is 0 Å². The van der Waals surface area contributed by atoms with Gasteiger partial charge in [-0.15, -0.1) is 0 Å². The fraction of sp³-hybridized carbons (Fsp3) is 0. The molecule has 0 bridgehead atoms. The molecular weight excluding hydrogens is 264 g/mol. The number of para-hydroxylation sites is 1. The average Bonchev–Trinajstić information content (AvgIpc) is 2.26. The number of rotatable bonds is 1. The summed E-state index contributed by atoms with van der Waals surface area (Å²) in [6, 6.07) is 10.7. The van der Waals surface area contributed by atoms with Crippen molar-refractivity contribution in [1.29, 1.82) is 0 Å². The molecule has 4 heteroatoms. The molecule has 0 unspecified atom stereocenters. The van der Waals surface area contributed by atoms with E-state index in [-0.39, 0.29) is 0 Å². The molecular formula is C12H8Cl3N. The Balaban J connectivity index is 2.67. The average molecular weight is 273 g/mol. The molecule has 0 aliphatic carbocycles. The van der Waals surface area contributed by atoms with E-state index in [0.29, 0.717) is 20.8 Å². The van der Waals surface area contributed by atoms with Crippen molar-refractivity contribution in [3.63, 3.8) is 0 Å². The summed E-state index contributed by atoms with van der Waals surface area (Å²) in [5.41, 5.74) is 7.99. The fourth-order valence-corrected chi connectivity index (χ4v) is 2.04. The number of nitrogen functional groups attached to an aromatic ring is 1. The zero-order valence-corrected chi connectivity index (χ0v) is 10.4. The minimum absolute atomic E-state index is 0.508. The molecule has 0 amide bonds. The first kappa shape index (κ1) is 11.6. The molecule has 16 heavy (non-hydrogen) atoms. The summed E-state index contributed by atoms with van der Waals surface area (Å²) < 4.78 is 0. The number of nitrogens with two attached hydrogens (primary N) is 1. The minimum Gasteiger partial charge on any atom is -0.397 e. The third-order valence-corrected chi connectivity index (χ3v) is 3.17. The van der Waals surface area contributed by atoms with Gasteiger partial charge in [0.15, 0.2) is 0 Å². The second kappa shape index (κ2) is 4.54. The summed E-state index contributed by atoms with van der Waals surface area (Å²) in [4.78, 5) is 0. The number of hydrogen-bond acceptors (Lipinski definition) is 1. The monoisotopic (exact) mass is 271 g/mol. The summed E-state index contributed by atoms with van der Waals surface area (Å²) in [6.45, 7) is 0. The molecule has 0 spiro atoms. The molecule has 0 heterocycles. The van der Waals surface area contributed by atoms with Crippen LogP contribution in [0.3, 0.4) is 0 Å². The van der Waals surface area contributed by atoms with Crippen LogP contribution in [0.2, 0.25) is 15.1 Å². The third-order valence-electron chi connectivity index (χ3n) is 2.27. The van der Waals surface area contributed by atoms with Gasteiger partial charge < -0.3 is 5.73 Å². The molecule has 2 aromatic rings. The fourth-order valence-electron chi connectivity index (χ4n) is 1.48. The van der Waals surface area contributed by atoms with Crippen molar-refractivity contribution in [3.05, 3.63) is 51.5 Å². The van der Waals surface area contributed by atoms with Crippen molar-refractivity contribution < 1.29 is 0 Å². The highest BCUT2D eigenvalue weighted by Crippen LogP contribution is 2.36. The van der Waals surface area contributed by atoms with Gasteiger partial charge in [0, 0.05) is 21.2 Å². The van der Waals surface area contributed by atoms with Crippen LogP contribution in [0.4, 0.5) is 5.69 Å². The Morgan fingerprint density at radius 3 is 2.31 bits per heavy atom. The Morgan fingerprint density at radius 2 is 1.56 bits per heavy atom. The van der Waals surface area contributed by atoms with E-state index in [1.54, 1.807) is 24.3 Å². The van der Waals surface area contributed by atoms with E-state index in [0.717, 1.165) is 11.1 Å². The number of benzene rings is 2. The predicted octanol–water partition coefficient (Wildman–Crippen LogP) is 4.90. The zero-order chi connectivity index (χ0) is 11.7. The van der Waals surface area contributed by atoms with Crippen LogP contribution in [0.25, 0.3) is 11.1 Å². The number of anilines is 1. The van der Waals surface area contributed by atoms with Crippen molar-refractivity contribution in [2.75, 3.05) is 5.73 Å². The summed E-state index contributed by atoms with van der Waals surface area (Å²) in [6.07, 6.45) is 0. The van der Waals surface area contributed by atoms with Crippen LogP contribution >= 0.6 is 34.8 Å². The largest absolute Gasteiger partial charge is 0.397 e. The standard InChI is InChI=1S/C12H8Cl3N/c13-7-4-5-10(14)9(6-7)8-2-1-3-11(15)12(8)16/h1-6H,16H2. The van der Waals surface area contributed by atoms with Crippen LogP contribution in [0.5, 0.6) is 0 Å². The Morgan fingerprint density at radius 1 is 0.812 bits per heavy atom. The van der Waals surface area contributed by atoms with E-state index < -0.39 is 0 Å². The first-order chi connectivity index (χ1) is 7.59. The second-order valence-electron chi connectivity index (χ2n) is 3.33. The lowest BCUT2D eigenvalue weighted by molar-refractivity contribution is 1.61.